The molecule has 0 aromatic rings. The first kappa shape index (κ1) is 9.09. The number of hydrogen-bond acceptors (Lipinski definition) is 3. The van der Waals surface area contributed by atoms with Crippen molar-refractivity contribution in [3.63, 3.8) is 0 Å². The highest BCUT2D eigenvalue weighted by atomic mass is 28.4. The van der Waals surface area contributed by atoms with Crippen LogP contribution in [0.2, 0.25) is 12.1 Å². The smallest absolute Gasteiger partial charge is 0.341 e. The maximum atomic E-state index is 5.90. The van der Waals surface area contributed by atoms with Crippen LogP contribution in [0.4, 0.5) is 0 Å². The van der Waals surface area contributed by atoms with Gasteiger partial charge in [0.05, 0.1) is 12.2 Å². The lowest BCUT2D eigenvalue weighted by atomic mass is 10.1. The average molecular weight is 212 g/mol. The first-order valence-electron chi connectivity index (χ1n) is 5.40. The molecule has 3 rings (SSSR count). The fourth-order valence-electron chi connectivity index (χ4n) is 2.65. The predicted octanol–water partition coefficient (Wildman–Crippen LogP) is 1.59. The molecule has 3 nitrogen and oxygen atoms in total. The predicted molar refractivity (Wildman–Crippen MR) is 54.3 cm³/mol. The van der Waals surface area contributed by atoms with Gasteiger partial charge >= 0.3 is 8.56 Å². The molecule has 0 aromatic carbocycles. The van der Waals surface area contributed by atoms with E-state index < -0.39 is 8.56 Å². The SMILES string of the molecule is C[Si]1(C2CC3C=CC2O3)OCCCO1. The van der Waals surface area contributed by atoms with Gasteiger partial charge in [0.15, 0.2) is 0 Å². The molecule has 0 N–H and O–H groups in total. The largest absolute Gasteiger partial charge is 0.394 e. The van der Waals surface area contributed by atoms with Crippen LogP contribution < -0.4 is 0 Å². The Balaban J connectivity index is 1.78. The van der Waals surface area contributed by atoms with E-state index in [1.165, 1.54) is 0 Å². The van der Waals surface area contributed by atoms with E-state index in [0.717, 1.165) is 26.1 Å². The van der Waals surface area contributed by atoms with Crippen LogP contribution in [0.1, 0.15) is 12.8 Å². The van der Waals surface area contributed by atoms with Crippen LogP contribution in [-0.4, -0.2) is 34.0 Å². The second-order valence-corrected chi connectivity index (χ2v) is 7.78. The monoisotopic (exact) mass is 212 g/mol. The maximum absolute atomic E-state index is 5.90. The molecule has 0 radical (unpaired) electrons. The van der Waals surface area contributed by atoms with Gasteiger partial charge in [-0.1, -0.05) is 12.2 Å². The quantitative estimate of drug-likeness (QED) is 0.488. The van der Waals surface area contributed by atoms with E-state index >= 15 is 0 Å². The van der Waals surface area contributed by atoms with Gasteiger partial charge in [-0.05, 0) is 19.4 Å². The number of rotatable bonds is 1. The lowest BCUT2D eigenvalue weighted by Gasteiger charge is -2.37. The number of hydrogen-bond donors (Lipinski definition) is 0. The molecule has 3 atom stereocenters. The molecule has 14 heavy (non-hydrogen) atoms. The van der Waals surface area contributed by atoms with Crippen molar-refractivity contribution < 1.29 is 13.6 Å². The number of fused-ring (bicyclic) bond motifs is 2. The summed E-state index contributed by atoms with van der Waals surface area (Å²) in [6, 6.07) is 0. The Bertz CT molecular complexity index is 260. The maximum Gasteiger partial charge on any atom is 0.341 e. The third-order valence-electron chi connectivity index (χ3n) is 3.47. The van der Waals surface area contributed by atoms with Crippen molar-refractivity contribution in [3.05, 3.63) is 12.2 Å². The third kappa shape index (κ3) is 1.29. The van der Waals surface area contributed by atoms with Crippen molar-refractivity contribution in [1.29, 1.82) is 0 Å². The van der Waals surface area contributed by atoms with Crippen LogP contribution in [-0.2, 0) is 13.6 Å². The van der Waals surface area contributed by atoms with Crippen LogP contribution >= 0.6 is 0 Å². The lowest BCUT2D eigenvalue weighted by molar-refractivity contribution is 0.0880. The summed E-state index contributed by atoms with van der Waals surface area (Å²) in [5.41, 5.74) is 0.512. The summed E-state index contributed by atoms with van der Waals surface area (Å²) in [4.78, 5) is 0. The molecular weight excluding hydrogens is 196 g/mol. The van der Waals surface area contributed by atoms with Crippen molar-refractivity contribution in [3.8, 4) is 0 Å². The molecular formula is C10H16O3Si. The molecule has 2 fully saturated rings. The molecule has 0 aromatic heterocycles. The molecule has 0 saturated carbocycles. The zero-order valence-corrected chi connectivity index (χ0v) is 9.44. The van der Waals surface area contributed by atoms with Crippen molar-refractivity contribution in [1.82, 2.24) is 0 Å². The molecule has 3 heterocycles. The molecule has 0 spiro atoms. The first-order chi connectivity index (χ1) is 6.78. The zero-order chi connectivity index (χ0) is 9.60. The highest BCUT2D eigenvalue weighted by Gasteiger charge is 2.52. The molecule has 0 amide bonds. The van der Waals surface area contributed by atoms with Gasteiger partial charge in [0, 0.05) is 18.8 Å². The van der Waals surface area contributed by atoms with Gasteiger partial charge in [-0.2, -0.15) is 0 Å². The highest BCUT2D eigenvalue weighted by molar-refractivity contribution is 6.68. The normalized spacial score (nSPS) is 44.5. The zero-order valence-electron chi connectivity index (χ0n) is 8.44. The van der Waals surface area contributed by atoms with Gasteiger partial charge < -0.3 is 13.6 Å². The van der Waals surface area contributed by atoms with Crippen molar-refractivity contribution in [2.75, 3.05) is 13.2 Å². The fraction of sp³-hybridized carbons (Fsp3) is 0.800. The molecule has 4 heteroatoms. The number of ether oxygens (including phenoxy) is 1. The molecule has 3 aliphatic rings. The van der Waals surface area contributed by atoms with Gasteiger partial charge in [-0.3, -0.25) is 0 Å². The van der Waals surface area contributed by atoms with Gasteiger partial charge in [0.25, 0.3) is 0 Å². The van der Waals surface area contributed by atoms with E-state index in [1.54, 1.807) is 0 Å². The summed E-state index contributed by atoms with van der Waals surface area (Å²) in [5.74, 6) is 0. The standard InChI is InChI=1S/C10H16O3Si/c1-14(11-5-2-6-12-14)10-7-8-3-4-9(10)13-8/h3-4,8-10H,2,5-7H2,1H3. The second kappa shape index (κ2) is 3.17. The molecule has 78 valence electrons. The summed E-state index contributed by atoms with van der Waals surface area (Å²) < 4.78 is 17.6. The van der Waals surface area contributed by atoms with Crippen molar-refractivity contribution in [2.24, 2.45) is 0 Å². The Morgan fingerprint density at radius 3 is 2.57 bits per heavy atom. The van der Waals surface area contributed by atoms with E-state index in [2.05, 4.69) is 18.7 Å². The van der Waals surface area contributed by atoms with E-state index in [1.807, 2.05) is 0 Å². The Morgan fingerprint density at radius 2 is 2.00 bits per heavy atom. The van der Waals surface area contributed by atoms with Gasteiger partial charge in [-0.15, -0.1) is 0 Å². The van der Waals surface area contributed by atoms with Crippen LogP contribution in [0.25, 0.3) is 0 Å². The Morgan fingerprint density at radius 1 is 1.21 bits per heavy atom. The van der Waals surface area contributed by atoms with Gasteiger partial charge in [0.1, 0.15) is 0 Å². The summed E-state index contributed by atoms with van der Waals surface area (Å²) >= 11 is 0. The van der Waals surface area contributed by atoms with E-state index in [-0.39, 0.29) is 6.10 Å². The highest BCUT2D eigenvalue weighted by Crippen LogP contribution is 2.45. The molecule has 0 aliphatic carbocycles. The van der Waals surface area contributed by atoms with Gasteiger partial charge in [-0.25, -0.2) is 0 Å². The van der Waals surface area contributed by atoms with Crippen LogP contribution in [0.3, 0.4) is 0 Å². The summed E-state index contributed by atoms with van der Waals surface area (Å²) in [5, 5.41) is 0. The minimum absolute atomic E-state index is 0.273. The summed E-state index contributed by atoms with van der Waals surface area (Å²) in [6.07, 6.45) is 7.10. The summed E-state index contributed by atoms with van der Waals surface area (Å²) in [6.45, 7) is 3.94. The second-order valence-electron chi connectivity index (χ2n) is 4.43. The Kier molecular flexibility index (Phi) is 2.06. The van der Waals surface area contributed by atoms with Crippen molar-refractivity contribution in [2.45, 2.75) is 37.1 Å². The topological polar surface area (TPSA) is 27.7 Å². The lowest BCUT2D eigenvalue weighted by Crippen LogP contribution is -2.49. The minimum Gasteiger partial charge on any atom is -0.394 e. The van der Waals surface area contributed by atoms with Crippen molar-refractivity contribution >= 4 is 8.56 Å². The molecule has 2 bridgehead atoms. The van der Waals surface area contributed by atoms with E-state index in [4.69, 9.17) is 13.6 Å². The van der Waals surface area contributed by atoms with E-state index in [0.29, 0.717) is 11.6 Å². The molecule has 3 aliphatic heterocycles. The van der Waals surface area contributed by atoms with E-state index in [9.17, 15) is 0 Å². The summed E-state index contributed by atoms with van der Waals surface area (Å²) in [7, 11) is -1.93. The third-order valence-corrected chi connectivity index (χ3v) is 6.94. The van der Waals surface area contributed by atoms with Gasteiger partial charge in [0.2, 0.25) is 0 Å². The Labute approximate surface area is 85.3 Å². The first-order valence-corrected chi connectivity index (χ1v) is 7.79. The Hall–Kier alpha value is -0.163. The molecule has 3 unspecified atom stereocenters. The van der Waals surface area contributed by atoms with Crippen LogP contribution in [0.5, 0.6) is 0 Å². The fourth-order valence-corrected chi connectivity index (χ4v) is 5.71. The molecule has 2 saturated heterocycles. The van der Waals surface area contributed by atoms with Crippen LogP contribution in [0.15, 0.2) is 12.2 Å². The average Bonchev–Trinajstić information content (AvgIpc) is 2.80. The van der Waals surface area contributed by atoms with Crippen LogP contribution in [0, 0.1) is 0 Å². The minimum atomic E-state index is -1.93.